The summed E-state index contributed by atoms with van der Waals surface area (Å²) < 4.78 is 8.81. The summed E-state index contributed by atoms with van der Waals surface area (Å²) in [5, 5.41) is 9.25. The number of amides is 1. The number of aromatic amines is 1. The summed E-state index contributed by atoms with van der Waals surface area (Å²) in [6, 6.07) is 9.58. The minimum Gasteiger partial charge on any atom is -0.380 e. The van der Waals surface area contributed by atoms with Gasteiger partial charge in [0, 0.05) is 38.2 Å². The number of aromatic nitrogens is 6. The zero-order valence-corrected chi connectivity index (χ0v) is 18.4. The van der Waals surface area contributed by atoms with Gasteiger partial charge < -0.3 is 14.6 Å². The predicted molar refractivity (Wildman–Crippen MR) is 121 cm³/mol. The van der Waals surface area contributed by atoms with E-state index in [4.69, 9.17) is 9.84 Å². The molecule has 166 valence electrons. The largest absolute Gasteiger partial charge is 0.380 e. The van der Waals surface area contributed by atoms with Crippen molar-refractivity contribution in [2.75, 3.05) is 13.7 Å². The van der Waals surface area contributed by atoms with Crippen LogP contribution >= 0.6 is 0 Å². The van der Waals surface area contributed by atoms with Gasteiger partial charge in [-0.3, -0.25) is 4.79 Å². The van der Waals surface area contributed by atoms with Gasteiger partial charge in [-0.25, -0.2) is 14.0 Å². The van der Waals surface area contributed by atoms with E-state index in [1.54, 1.807) is 24.1 Å². The minimum absolute atomic E-state index is 0.0862. The predicted octanol–water partition coefficient (Wildman–Crippen LogP) is 2.95. The van der Waals surface area contributed by atoms with E-state index in [1.807, 2.05) is 40.0 Å². The lowest BCUT2D eigenvalue weighted by Crippen LogP contribution is -2.41. The molecule has 0 unspecified atom stereocenters. The molecule has 0 saturated heterocycles. The SMILES string of the molecule is COCc1ccc2c(C(=O)N3CCc4[nH]cnc4[C@@H]3c3cc4c(C)cccn4n3)cnn2c1. The Labute approximate surface area is 189 Å². The molecule has 9 heteroatoms. The van der Waals surface area contributed by atoms with E-state index in [1.165, 1.54) is 0 Å². The summed E-state index contributed by atoms with van der Waals surface area (Å²) in [7, 11) is 1.66. The van der Waals surface area contributed by atoms with Crippen LogP contribution in [0.1, 0.15) is 44.6 Å². The van der Waals surface area contributed by atoms with Gasteiger partial charge in [-0.2, -0.15) is 10.2 Å². The van der Waals surface area contributed by atoms with Crippen LogP contribution in [0.2, 0.25) is 0 Å². The van der Waals surface area contributed by atoms with E-state index in [0.29, 0.717) is 25.1 Å². The van der Waals surface area contributed by atoms with Crippen molar-refractivity contribution >= 4 is 16.9 Å². The van der Waals surface area contributed by atoms with Crippen molar-refractivity contribution in [1.29, 1.82) is 0 Å². The molecule has 5 aromatic rings. The summed E-state index contributed by atoms with van der Waals surface area (Å²) in [5.74, 6) is -0.0862. The molecule has 6 rings (SSSR count). The molecule has 6 heterocycles. The Bertz CT molecular complexity index is 1500. The first-order chi connectivity index (χ1) is 16.1. The lowest BCUT2D eigenvalue weighted by molar-refractivity contribution is 0.0689. The third-order valence-corrected chi connectivity index (χ3v) is 6.32. The number of fused-ring (bicyclic) bond motifs is 3. The van der Waals surface area contributed by atoms with Crippen LogP contribution in [0.3, 0.4) is 0 Å². The van der Waals surface area contributed by atoms with E-state index in [9.17, 15) is 4.79 Å². The molecule has 0 bridgehead atoms. The van der Waals surface area contributed by atoms with Crippen molar-refractivity contribution in [3.8, 4) is 0 Å². The standard InChI is InChI=1S/C24H23N7O2/c1-15-4-3-8-30-21(15)10-19(28-30)23-22-18(25-14-26-22)7-9-29(23)24(32)17-11-27-31-12-16(13-33-2)5-6-20(17)31/h3-6,8,10-12,14,23H,7,9,13H2,1-2H3,(H,25,26)/t23-/m0/s1. The van der Waals surface area contributed by atoms with E-state index < -0.39 is 0 Å². The van der Waals surface area contributed by atoms with Crippen LogP contribution in [0.25, 0.3) is 11.0 Å². The number of ether oxygens (including phenoxy) is 1. The number of rotatable bonds is 4. The van der Waals surface area contributed by atoms with Gasteiger partial charge in [0.1, 0.15) is 6.04 Å². The van der Waals surface area contributed by atoms with Crippen LogP contribution < -0.4 is 0 Å². The van der Waals surface area contributed by atoms with E-state index >= 15 is 0 Å². The first-order valence-electron chi connectivity index (χ1n) is 10.9. The van der Waals surface area contributed by atoms with Gasteiger partial charge in [0.05, 0.1) is 47.1 Å². The molecular weight excluding hydrogens is 418 g/mol. The number of methoxy groups -OCH3 is 1. The highest BCUT2D eigenvalue weighted by Gasteiger charge is 2.37. The molecule has 1 aliphatic rings. The Hall–Kier alpha value is -3.98. The second-order valence-electron chi connectivity index (χ2n) is 8.37. The van der Waals surface area contributed by atoms with Crippen molar-refractivity contribution in [2.24, 2.45) is 0 Å². The Morgan fingerprint density at radius 3 is 3.00 bits per heavy atom. The minimum atomic E-state index is -0.380. The number of imidazole rings is 1. The molecule has 33 heavy (non-hydrogen) atoms. The van der Waals surface area contributed by atoms with Gasteiger partial charge in [0.2, 0.25) is 0 Å². The fourth-order valence-electron chi connectivity index (χ4n) is 4.70. The fraction of sp³-hybridized carbons (Fsp3) is 0.250. The smallest absolute Gasteiger partial charge is 0.258 e. The van der Waals surface area contributed by atoms with Gasteiger partial charge >= 0.3 is 0 Å². The highest BCUT2D eigenvalue weighted by molar-refractivity contribution is 6.01. The average Bonchev–Trinajstić information content (AvgIpc) is 3.56. The summed E-state index contributed by atoms with van der Waals surface area (Å²) in [6.07, 6.45) is 7.86. The Morgan fingerprint density at radius 2 is 2.15 bits per heavy atom. The van der Waals surface area contributed by atoms with Crippen molar-refractivity contribution in [2.45, 2.75) is 26.0 Å². The first kappa shape index (κ1) is 19.7. The van der Waals surface area contributed by atoms with Crippen LogP contribution in [0.15, 0.2) is 55.2 Å². The molecule has 1 N–H and O–H groups in total. The molecule has 0 aromatic carbocycles. The molecule has 0 saturated carbocycles. The van der Waals surface area contributed by atoms with Gasteiger partial charge in [-0.1, -0.05) is 12.1 Å². The number of nitrogens with zero attached hydrogens (tertiary/aromatic N) is 6. The maximum atomic E-state index is 13.9. The van der Waals surface area contributed by atoms with Gasteiger partial charge in [0.25, 0.3) is 5.91 Å². The molecule has 1 amide bonds. The second-order valence-corrected chi connectivity index (χ2v) is 8.37. The lowest BCUT2D eigenvalue weighted by Gasteiger charge is -2.33. The Morgan fingerprint density at radius 1 is 1.24 bits per heavy atom. The van der Waals surface area contributed by atoms with Gasteiger partial charge in [-0.15, -0.1) is 0 Å². The highest BCUT2D eigenvalue weighted by atomic mass is 16.5. The monoisotopic (exact) mass is 441 g/mol. The Kier molecular flexibility index (Phi) is 4.51. The first-order valence-corrected chi connectivity index (χ1v) is 10.9. The maximum absolute atomic E-state index is 13.9. The summed E-state index contributed by atoms with van der Waals surface area (Å²) in [5.41, 5.74) is 7.14. The number of carbonyl (C=O) groups is 1. The van der Waals surface area contributed by atoms with Crippen molar-refractivity contribution in [3.63, 3.8) is 0 Å². The molecular formula is C24H23N7O2. The van der Waals surface area contributed by atoms with Crippen LogP contribution in [-0.2, 0) is 17.8 Å². The maximum Gasteiger partial charge on any atom is 0.258 e. The third-order valence-electron chi connectivity index (χ3n) is 6.32. The summed E-state index contributed by atoms with van der Waals surface area (Å²) in [6.45, 7) is 3.11. The summed E-state index contributed by atoms with van der Waals surface area (Å²) >= 11 is 0. The molecule has 5 aromatic heterocycles. The molecule has 0 radical (unpaired) electrons. The lowest BCUT2D eigenvalue weighted by atomic mass is 9.98. The third kappa shape index (κ3) is 3.12. The Balaban J connectivity index is 1.44. The normalized spacial score (nSPS) is 15.9. The number of hydrogen-bond donors (Lipinski definition) is 1. The van der Waals surface area contributed by atoms with Crippen LogP contribution in [0, 0.1) is 6.92 Å². The molecule has 0 spiro atoms. The number of aryl methyl sites for hydroxylation is 1. The molecule has 0 aliphatic carbocycles. The highest BCUT2D eigenvalue weighted by Crippen LogP contribution is 2.35. The van der Waals surface area contributed by atoms with E-state index in [2.05, 4.69) is 34.1 Å². The number of pyridine rings is 2. The molecule has 0 fully saturated rings. The molecule has 1 aliphatic heterocycles. The number of nitrogens with one attached hydrogen (secondary N) is 1. The molecule has 9 nitrogen and oxygen atoms in total. The topological polar surface area (TPSA) is 92.8 Å². The zero-order chi connectivity index (χ0) is 22.5. The van der Waals surface area contributed by atoms with E-state index in [-0.39, 0.29) is 11.9 Å². The molecule has 1 atom stereocenters. The van der Waals surface area contributed by atoms with E-state index in [0.717, 1.165) is 39.2 Å². The number of H-pyrrole nitrogens is 1. The van der Waals surface area contributed by atoms with Crippen molar-refractivity contribution < 1.29 is 9.53 Å². The fourth-order valence-corrected chi connectivity index (χ4v) is 4.70. The quantitative estimate of drug-likeness (QED) is 0.463. The average molecular weight is 441 g/mol. The summed E-state index contributed by atoms with van der Waals surface area (Å²) in [4.78, 5) is 23.5. The van der Waals surface area contributed by atoms with Crippen LogP contribution in [-0.4, -0.2) is 53.7 Å². The van der Waals surface area contributed by atoms with Crippen LogP contribution in [0.5, 0.6) is 0 Å². The number of carbonyl (C=O) groups excluding carboxylic acids is 1. The van der Waals surface area contributed by atoms with Crippen LogP contribution in [0.4, 0.5) is 0 Å². The van der Waals surface area contributed by atoms with Crippen molar-refractivity contribution in [3.05, 3.63) is 89.0 Å². The van der Waals surface area contributed by atoms with Crippen molar-refractivity contribution in [1.82, 2.24) is 34.1 Å². The van der Waals surface area contributed by atoms with Gasteiger partial charge in [-0.05, 0) is 36.2 Å². The number of hydrogen-bond acceptors (Lipinski definition) is 5. The second kappa shape index (κ2) is 7.56. The zero-order valence-electron chi connectivity index (χ0n) is 18.4. The van der Waals surface area contributed by atoms with Gasteiger partial charge in [0.15, 0.2) is 0 Å².